The molecule has 0 bridgehead atoms. The molecule has 1 rings (SSSR count). The van der Waals surface area contributed by atoms with Crippen LogP contribution < -0.4 is 0 Å². The average Bonchev–Trinajstić information content (AvgIpc) is 2.44. The molecule has 0 aromatic rings. The van der Waals surface area contributed by atoms with Crippen molar-refractivity contribution in [1.82, 2.24) is 0 Å². The van der Waals surface area contributed by atoms with Crippen molar-refractivity contribution in [1.29, 1.82) is 0 Å². The van der Waals surface area contributed by atoms with Gasteiger partial charge < -0.3 is 14.6 Å². The lowest BCUT2D eigenvalue weighted by molar-refractivity contribution is -0.194. The van der Waals surface area contributed by atoms with Crippen molar-refractivity contribution in [2.45, 2.75) is 44.6 Å². The number of carboxylic acids is 1. The summed E-state index contributed by atoms with van der Waals surface area (Å²) < 4.78 is 10.1. The molecule has 0 amide bonds. The molecule has 0 saturated heterocycles. The molecule has 1 N–H and O–H groups in total. The highest BCUT2D eigenvalue weighted by atomic mass is 16.6. The third-order valence-electron chi connectivity index (χ3n) is 3.40. The van der Waals surface area contributed by atoms with Crippen molar-refractivity contribution in [3.63, 3.8) is 0 Å². The molecule has 112 valence electrons. The molecule has 1 fully saturated rings. The van der Waals surface area contributed by atoms with Crippen LogP contribution in [0.5, 0.6) is 0 Å². The average molecular weight is 284 g/mol. The summed E-state index contributed by atoms with van der Waals surface area (Å²) in [5.74, 6) is -3.75. The molecule has 0 spiro atoms. The lowest BCUT2D eigenvalue weighted by Gasteiger charge is -2.38. The van der Waals surface area contributed by atoms with E-state index < -0.39 is 29.4 Å². The Balaban J connectivity index is 3.01. The van der Waals surface area contributed by atoms with E-state index in [2.05, 4.69) is 6.58 Å². The van der Waals surface area contributed by atoms with Crippen LogP contribution in [0.4, 0.5) is 0 Å². The molecule has 0 heterocycles. The second kappa shape index (κ2) is 7.07. The first-order chi connectivity index (χ1) is 9.47. The number of rotatable bonds is 6. The molecule has 6 heteroatoms. The summed E-state index contributed by atoms with van der Waals surface area (Å²) in [6.45, 7) is 5.32. The number of carbonyl (C=O) groups excluding carboxylic acids is 2. The molecule has 6 nitrogen and oxygen atoms in total. The maximum absolute atomic E-state index is 12.0. The zero-order valence-electron chi connectivity index (χ0n) is 11.6. The maximum Gasteiger partial charge on any atom is 0.349 e. The summed E-state index contributed by atoms with van der Waals surface area (Å²) in [5, 5.41) is 9.46. The highest BCUT2D eigenvalue weighted by molar-refractivity contribution is 5.91. The van der Waals surface area contributed by atoms with Crippen molar-refractivity contribution < 1.29 is 29.0 Å². The molecule has 20 heavy (non-hydrogen) atoms. The molecule has 0 aliphatic heterocycles. The van der Waals surface area contributed by atoms with Gasteiger partial charge in [-0.05, 0) is 25.7 Å². The van der Waals surface area contributed by atoms with Crippen LogP contribution in [0, 0.1) is 5.92 Å². The van der Waals surface area contributed by atoms with Crippen molar-refractivity contribution in [3.8, 4) is 0 Å². The Kier molecular flexibility index (Phi) is 5.73. The van der Waals surface area contributed by atoms with Crippen LogP contribution in [0.25, 0.3) is 0 Å². The highest BCUT2D eigenvalue weighted by Gasteiger charge is 2.54. The Labute approximate surface area is 117 Å². The van der Waals surface area contributed by atoms with E-state index in [0.29, 0.717) is 25.7 Å². The minimum absolute atomic E-state index is 0.105. The van der Waals surface area contributed by atoms with Crippen LogP contribution in [0.2, 0.25) is 0 Å². The highest BCUT2D eigenvalue weighted by Crippen LogP contribution is 2.38. The zero-order valence-corrected chi connectivity index (χ0v) is 11.6. The van der Waals surface area contributed by atoms with Gasteiger partial charge >= 0.3 is 17.9 Å². The SMILES string of the molecule is C=CC(=O)OC1(C(=O)O)CCCCC1C(=O)OCCC. The van der Waals surface area contributed by atoms with Gasteiger partial charge in [-0.2, -0.15) is 0 Å². The Bertz CT molecular complexity index is 402. The summed E-state index contributed by atoms with van der Waals surface area (Å²) in [6.07, 6.45) is 3.26. The quantitative estimate of drug-likeness (QED) is 0.589. The van der Waals surface area contributed by atoms with Crippen LogP contribution >= 0.6 is 0 Å². The molecule has 2 atom stereocenters. The predicted molar refractivity (Wildman–Crippen MR) is 69.9 cm³/mol. The van der Waals surface area contributed by atoms with E-state index in [-0.39, 0.29) is 13.0 Å². The number of carbonyl (C=O) groups is 3. The number of hydrogen-bond donors (Lipinski definition) is 1. The Morgan fingerprint density at radius 3 is 2.65 bits per heavy atom. The van der Waals surface area contributed by atoms with Gasteiger partial charge in [0.25, 0.3) is 0 Å². The molecule has 0 aromatic carbocycles. The number of carboxylic acid groups (broad SMARTS) is 1. The van der Waals surface area contributed by atoms with Crippen molar-refractivity contribution in [2.24, 2.45) is 5.92 Å². The monoisotopic (exact) mass is 284 g/mol. The number of hydrogen-bond acceptors (Lipinski definition) is 5. The van der Waals surface area contributed by atoms with Gasteiger partial charge in [0.2, 0.25) is 5.60 Å². The van der Waals surface area contributed by atoms with Gasteiger partial charge in [-0.25, -0.2) is 9.59 Å². The van der Waals surface area contributed by atoms with Gasteiger partial charge in [0.1, 0.15) is 5.92 Å². The van der Waals surface area contributed by atoms with Gasteiger partial charge in [-0.3, -0.25) is 4.79 Å². The third-order valence-corrected chi connectivity index (χ3v) is 3.40. The lowest BCUT2D eigenvalue weighted by Crippen LogP contribution is -2.54. The van der Waals surface area contributed by atoms with Gasteiger partial charge in [0, 0.05) is 6.08 Å². The van der Waals surface area contributed by atoms with E-state index in [1.165, 1.54) is 0 Å². The standard InChI is InChI=1S/C14H20O6/c1-3-9-19-12(16)10-7-5-6-8-14(10,13(17)18)20-11(15)4-2/h4,10H,2-3,5-9H2,1H3,(H,17,18). The first kappa shape index (κ1) is 16.2. The molecule has 1 saturated carbocycles. The first-order valence-electron chi connectivity index (χ1n) is 6.73. The van der Waals surface area contributed by atoms with Gasteiger partial charge in [-0.15, -0.1) is 0 Å². The van der Waals surface area contributed by atoms with Gasteiger partial charge in [0.15, 0.2) is 0 Å². The lowest BCUT2D eigenvalue weighted by atomic mass is 9.75. The molecule has 1 aliphatic carbocycles. The van der Waals surface area contributed by atoms with Crippen LogP contribution in [0.3, 0.4) is 0 Å². The van der Waals surface area contributed by atoms with E-state index in [9.17, 15) is 19.5 Å². The second-order valence-electron chi connectivity index (χ2n) is 4.79. The largest absolute Gasteiger partial charge is 0.478 e. The van der Waals surface area contributed by atoms with Crippen LogP contribution in [0.15, 0.2) is 12.7 Å². The fraction of sp³-hybridized carbons (Fsp3) is 0.643. The maximum atomic E-state index is 12.0. The Hall–Kier alpha value is -1.85. The zero-order chi connectivity index (χ0) is 15.2. The molecule has 2 unspecified atom stereocenters. The van der Waals surface area contributed by atoms with Crippen molar-refractivity contribution >= 4 is 17.9 Å². The normalized spacial score (nSPS) is 25.6. The van der Waals surface area contributed by atoms with Crippen LogP contribution in [-0.2, 0) is 23.9 Å². The Morgan fingerprint density at radius 1 is 1.40 bits per heavy atom. The molecule has 0 aromatic heterocycles. The smallest absolute Gasteiger partial charge is 0.349 e. The molecular weight excluding hydrogens is 264 g/mol. The molecular formula is C14H20O6. The third kappa shape index (κ3) is 3.37. The summed E-state index contributed by atoms with van der Waals surface area (Å²) in [4.78, 5) is 35.1. The summed E-state index contributed by atoms with van der Waals surface area (Å²) in [7, 11) is 0. The van der Waals surface area contributed by atoms with E-state index >= 15 is 0 Å². The van der Waals surface area contributed by atoms with Crippen molar-refractivity contribution in [3.05, 3.63) is 12.7 Å². The fourth-order valence-corrected chi connectivity index (χ4v) is 2.40. The van der Waals surface area contributed by atoms with Crippen molar-refractivity contribution in [2.75, 3.05) is 6.61 Å². The topological polar surface area (TPSA) is 89.9 Å². The molecule has 1 aliphatic rings. The number of ether oxygens (including phenoxy) is 2. The minimum Gasteiger partial charge on any atom is -0.478 e. The van der Waals surface area contributed by atoms with E-state index in [1.807, 2.05) is 6.92 Å². The van der Waals surface area contributed by atoms with Gasteiger partial charge in [0.05, 0.1) is 6.61 Å². The number of esters is 2. The minimum atomic E-state index is -1.84. The van der Waals surface area contributed by atoms with E-state index in [1.54, 1.807) is 0 Å². The number of aliphatic carboxylic acids is 1. The van der Waals surface area contributed by atoms with E-state index in [4.69, 9.17) is 9.47 Å². The van der Waals surface area contributed by atoms with Crippen LogP contribution in [0.1, 0.15) is 39.0 Å². The van der Waals surface area contributed by atoms with E-state index in [0.717, 1.165) is 6.08 Å². The van der Waals surface area contributed by atoms with Gasteiger partial charge in [-0.1, -0.05) is 19.9 Å². The van der Waals surface area contributed by atoms with Crippen LogP contribution in [-0.4, -0.2) is 35.2 Å². The first-order valence-corrected chi connectivity index (χ1v) is 6.73. The predicted octanol–water partition coefficient (Wildman–Crippen LogP) is 1.68. The fourth-order valence-electron chi connectivity index (χ4n) is 2.40. The molecule has 0 radical (unpaired) electrons. The summed E-state index contributed by atoms with van der Waals surface area (Å²) in [6, 6.07) is 0. The Morgan fingerprint density at radius 2 is 2.10 bits per heavy atom. The summed E-state index contributed by atoms with van der Waals surface area (Å²) >= 11 is 0. The summed E-state index contributed by atoms with van der Waals surface area (Å²) in [5.41, 5.74) is -1.84. The second-order valence-corrected chi connectivity index (χ2v) is 4.79.